The van der Waals surface area contributed by atoms with E-state index in [1.165, 1.54) is 64.2 Å². The highest BCUT2D eigenvalue weighted by Gasteiger charge is 1.96. The Morgan fingerprint density at radius 1 is 0.765 bits per heavy atom. The molecular formula is C15H32N2. The van der Waals surface area contributed by atoms with Crippen LogP contribution in [0.25, 0.3) is 0 Å². The number of unbranched alkanes of at least 4 members (excludes halogenated alkanes) is 9. The average molecular weight is 240 g/mol. The maximum Gasteiger partial charge on any atom is 0.0102 e. The van der Waals surface area contributed by atoms with E-state index in [9.17, 15) is 0 Å². The van der Waals surface area contributed by atoms with Crippen LogP contribution >= 0.6 is 0 Å². The highest BCUT2D eigenvalue weighted by Crippen LogP contribution is 2.11. The van der Waals surface area contributed by atoms with Gasteiger partial charge in [0, 0.05) is 5.71 Å². The first-order valence-electron chi connectivity index (χ1n) is 7.57. The van der Waals surface area contributed by atoms with E-state index < -0.39 is 0 Å². The van der Waals surface area contributed by atoms with Gasteiger partial charge in [0.25, 0.3) is 0 Å². The van der Waals surface area contributed by atoms with Crippen molar-refractivity contribution in [2.45, 2.75) is 84.0 Å². The molecule has 0 atom stereocenters. The van der Waals surface area contributed by atoms with E-state index in [0.717, 1.165) is 18.6 Å². The summed E-state index contributed by atoms with van der Waals surface area (Å²) in [7, 11) is 0. The van der Waals surface area contributed by atoms with Crippen LogP contribution in [0.5, 0.6) is 0 Å². The summed E-state index contributed by atoms with van der Waals surface area (Å²) in [4.78, 5) is 0. The molecule has 0 aromatic heterocycles. The third-order valence-electron chi connectivity index (χ3n) is 3.28. The first-order chi connectivity index (χ1) is 8.31. The first kappa shape index (κ1) is 16.6. The van der Waals surface area contributed by atoms with Crippen molar-refractivity contribution in [3.8, 4) is 0 Å². The van der Waals surface area contributed by atoms with Gasteiger partial charge in [-0.05, 0) is 25.8 Å². The van der Waals surface area contributed by atoms with E-state index in [-0.39, 0.29) is 0 Å². The Hall–Kier alpha value is -0.370. The summed E-state index contributed by atoms with van der Waals surface area (Å²) in [6.07, 6.45) is 15.4. The van der Waals surface area contributed by atoms with Gasteiger partial charge >= 0.3 is 0 Å². The number of hydrogen-bond donors (Lipinski definition) is 2. The van der Waals surface area contributed by atoms with Crippen molar-refractivity contribution < 1.29 is 0 Å². The molecule has 0 rings (SSSR count). The molecule has 0 spiro atoms. The number of nitrogens with two attached hydrogens (primary N) is 1. The van der Waals surface area contributed by atoms with Crippen molar-refractivity contribution >= 4 is 5.71 Å². The second kappa shape index (κ2) is 13.7. The van der Waals surface area contributed by atoms with Crippen LogP contribution in [0.2, 0.25) is 0 Å². The number of rotatable bonds is 13. The summed E-state index contributed by atoms with van der Waals surface area (Å²) in [5.41, 5.74) is 6.25. The molecule has 0 saturated heterocycles. The Morgan fingerprint density at radius 2 is 1.24 bits per heavy atom. The molecule has 17 heavy (non-hydrogen) atoms. The maximum absolute atomic E-state index is 7.62. The molecule has 0 aromatic carbocycles. The third-order valence-corrected chi connectivity index (χ3v) is 3.28. The van der Waals surface area contributed by atoms with Crippen LogP contribution in [-0.4, -0.2) is 12.3 Å². The fourth-order valence-corrected chi connectivity index (χ4v) is 2.13. The van der Waals surface area contributed by atoms with Gasteiger partial charge in [-0.3, -0.25) is 0 Å². The lowest BCUT2D eigenvalue weighted by molar-refractivity contribution is 0.558. The van der Waals surface area contributed by atoms with Crippen molar-refractivity contribution in [3.05, 3.63) is 0 Å². The molecule has 0 unspecified atom stereocenters. The van der Waals surface area contributed by atoms with Gasteiger partial charge in [-0.1, -0.05) is 64.7 Å². The highest BCUT2D eigenvalue weighted by molar-refractivity contribution is 5.81. The van der Waals surface area contributed by atoms with Crippen LogP contribution in [-0.2, 0) is 0 Å². The molecule has 0 aliphatic heterocycles. The molecule has 0 fully saturated rings. The van der Waals surface area contributed by atoms with E-state index in [1.807, 2.05) is 0 Å². The molecule has 0 aliphatic rings. The second-order valence-corrected chi connectivity index (χ2v) is 5.07. The Kier molecular flexibility index (Phi) is 13.4. The number of hydrogen-bond acceptors (Lipinski definition) is 2. The molecule has 0 aliphatic carbocycles. The Labute approximate surface area is 108 Å². The van der Waals surface area contributed by atoms with Crippen LogP contribution in [0.15, 0.2) is 0 Å². The van der Waals surface area contributed by atoms with Gasteiger partial charge in [-0.25, -0.2) is 0 Å². The van der Waals surface area contributed by atoms with E-state index >= 15 is 0 Å². The molecule has 0 saturated carbocycles. The lowest BCUT2D eigenvalue weighted by Crippen LogP contribution is -2.06. The van der Waals surface area contributed by atoms with E-state index in [2.05, 4.69) is 6.92 Å². The summed E-state index contributed by atoms with van der Waals surface area (Å²) in [5, 5.41) is 7.62. The monoisotopic (exact) mass is 240 g/mol. The van der Waals surface area contributed by atoms with Gasteiger partial charge in [0.15, 0.2) is 0 Å². The van der Waals surface area contributed by atoms with E-state index in [1.54, 1.807) is 0 Å². The average Bonchev–Trinajstić information content (AvgIpc) is 2.32. The SMILES string of the molecule is CCCCCCCCCCCCC(=N)CCN. The predicted octanol–water partition coefficient (Wildman–Crippen LogP) is 4.67. The van der Waals surface area contributed by atoms with Crippen LogP contribution in [0.4, 0.5) is 0 Å². The minimum absolute atomic E-state index is 0.636. The zero-order chi connectivity index (χ0) is 12.8. The highest BCUT2D eigenvalue weighted by atomic mass is 14.5. The molecule has 0 heterocycles. The van der Waals surface area contributed by atoms with Gasteiger partial charge in [0.1, 0.15) is 0 Å². The second-order valence-electron chi connectivity index (χ2n) is 5.07. The molecule has 0 aromatic rings. The maximum atomic E-state index is 7.62. The number of nitrogens with one attached hydrogen (secondary N) is 1. The normalized spacial score (nSPS) is 10.7. The summed E-state index contributed by atoms with van der Waals surface area (Å²) < 4.78 is 0. The molecule has 0 radical (unpaired) electrons. The van der Waals surface area contributed by atoms with Crippen molar-refractivity contribution in [2.24, 2.45) is 5.73 Å². The van der Waals surface area contributed by atoms with Gasteiger partial charge < -0.3 is 11.1 Å². The third kappa shape index (κ3) is 13.6. The van der Waals surface area contributed by atoms with Crippen molar-refractivity contribution in [1.82, 2.24) is 0 Å². The van der Waals surface area contributed by atoms with Crippen LogP contribution < -0.4 is 5.73 Å². The van der Waals surface area contributed by atoms with Gasteiger partial charge in [0.2, 0.25) is 0 Å². The summed E-state index contributed by atoms with van der Waals surface area (Å²) in [6, 6.07) is 0. The molecule has 102 valence electrons. The largest absolute Gasteiger partial charge is 0.330 e. The fourth-order valence-electron chi connectivity index (χ4n) is 2.13. The van der Waals surface area contributed by atoms with E-state index in [0.29, 0.717) is 6.54 Å². The Balaban J connectivity index is 3.01. The van der Waals surface area contributed by atoms with Crippen molar-refractivity contribution in [1.29, 1.82) is 5.41 Å². The van der Waals surface area contributed by atoms with Gasteiger partial charge in [-0.15, -0.1) is 0 Å². The standard InChI is InChI=1S/C15H32N2/c1-2-3-4-5-6-7-8-9-10-11-12-15(17)13-14-16/h17H,2-14,16H2,1H3. The van der Waals surface area contributed by atoms with Crippen molar-refractivity contribution in [2.75, 3.05) is 6.54 Å². The van der Waals surface area contributed by atoms with Crippen LogP contribution in [0.3, 0.4) is 0 Å². The molecule has 2 heteroatoms. The summed E-state index contributed by atoms with van der Waals surface area (Å²) >= 11 is 0. The molecule has 2 nitrogen and oxygen atoms in total. The minimum atomic E-state index is 0.636. The quantitative estimate of drug-likeness (QED) is 0.357. The molecule has 3 N–H and O–H groups in total. The summed E-state index contributed by atoms with van der Waals surface area (Å²) in [5.74, 6) is 0. The van der Waals surface area contributed by atoms with Crippen LogP contribution in [0, 0.1) is 5.41 Å². The molecule has 0 bridgehead atoms. The molecule has 0 amide bonds. The predicted molar refractivity (Wildman–Crippen MR) is 77.9 cm³/mol. The zero-order valence-corrected chi connectivity index (χ0v) is 11.8. The summed E-state index contributed by atoms with van der Waals surface area (Å²) in [6.45, 7) is 2.90. The van der Waals surface area contributed by atoms with Gasteiger partial charge in [0.05, 0.1) is 0 Å². The first-order valence-corrected chi connectivity index (χ1v) is 7.57. The van der Waals surface area contributed by atoms with Gasteiger partial charge in [-0.2, -0.15) is 0 Å². The lowest BCUT2D eigenvalue weighted by atomic mass is 10.0. The topological polar surface area (TPSA) is 49.9 Å². The van der Waals surface area contributed by atoms with Crippen LogP contribution in [0.1, 0.15) is 84.0 Å². The smallest absolute Gasteiger partial charge is 0.0102 e. The Bertz CT molecular complexity index is 166. The lowest BCUT2D eigenvalue weighted by Gasteiger charge is -2.03. The van der Waals surface area contributed by atoms with Crippen molar-refractivity contribution in [3.63, 3.8) is 0 Å². The fraction of sp³-hybridized carbons (Fsp3) is 0.933. The Morgan fingerprint density at radius 3 is 1.71 bits per heavy atom. The minimum Gasteiger partial charge on any atom is -0.330 e. The zero-order valence-electron chi connectivity index (χ0n) is 11.8. The van der Waals surface area contributed by atoms with E-state index in [4.69, 9.17) is 11.1 Å². The molecular weight excluding hydrogens is 208 g/mol.